The fourth-order valence-electron chi connectivity index (χ4n) is 3.52. The third-order valence-corrected chi connectivity index (χ3v) is 6.12. The van der Waals surface area contributed by atoms with Gasteiger partial charge >= 0.3 is 5.97 Å². The van der Waals surface area contributed by atoms with E-state index < -0.39 is 17.3 Å². The van der Waals surface area contributed by atoms with Crippen molar-refractivity contribution in [2.75, 3.05) is 19.0 Å². The number of aliphatic imine (C=N–C) groups is 1. The highest BCUT2D eigenvalue weighted by Crippen LogP contribution is 2.45. The van der Waals surface area contributed by atoms with Crippen molar-refractivity contribution in [3.63, 3.8) is 0 Å². The number of halogens is 1. The topological polar surface area (TPSA) is 73.9 Å². The summed E-state index contributed by atoms with van der Waals surface area (Å²) in [6, 6.07) is 8.81. The SMILES string of the molecule is C=C(/C(F)=C\C=C/C)[C@]12CO[C@@H](COC(=O)c3ccccc3)C[C@H]1CSC(N)=N2. The first-order valence-electron chi connectivity index (χ1n) is 9.46. The number of ether oxygens (including phenoxy) is 2. The molecule has 1 saturated heterocycles. The second-order valence-electron chi connectivity index (χ2n) is 7.03. The van der Waals surface area contributed by atoms with Crippen molar-refractivity contribution in [2.24, 2.45) is 16.6 Å². The molecule has 2 N–H and O–H groups in total. The molecule has 0 radical (unpaired) electrons. The molecule has 29 heavy (non-hydrogen) atoms. The zero-order chi connectivity index (χ0) is 20.9. The Kier molecular flexibility index (Phi) is 6.92. The van der Waals surface area contributed by atoms with E-state index in [0.717, 1.165) is 0 Å². The Labute approximate surface area is 174 Å². The van der Waals surface area contributed by atoms with Crippen LogP contribution in [0.3, 0.4) is 0 Å². The normalized spacial score (nSPS) is 27.2. The number of thioether (sulfide) groups is 1. The number of hydrogen-bond acceptors (Lipinski definition) is 6. The van der Waals surface area contributed by atoms with Gasteiger partial charge in [0.1, 0.15) is 18.0 Å². The molecule has 3 rings (SSSR count). The van der Waals surface area contributed by atoms with Crippen LogP contribution in [-0.2, 0) is 9.47 Å². The van der Waals surface area contributed by atoms with E-state index in [4.69, 9.17) is 15.2 Å². The molecule has 3 atom stereocenters. The highest BCUT2D eigenvalue weighted by molar-refractivity contribution is 8.13. The lowest BCUT2D eigenvalue weighted by molar-refractivity contribution is -0.0693. The van der Waals surface area contributed by atoms with Gasteiger partial charge in [0.25, 0.3) is 0 Å². The Morgan fingerprint density at radius 3 is 2.97 bits per heavy atom. The first kappa shape index (κ1) is 21.3. The van der Waals surface area contributed by atoms with Crippen LogP contribution >= 0.6 is 11.8 Å². The number of esters is 1. The van der Waals surface area contributed by atoms with E-state index in [1.165, 1.54) is 17.8 Å². The predicted octanol–water partition coefficient (Wildman–Crippen LogP) is 4.03. The van der Waals surface area contributed by atoms with Gasteiger partial charge in [-0.05, 0) is 31.6 Å². The maximum absolute atomic E-state index is 14.7. The third-order valence-electron chi connectivity index (χ3n) is 5.16. The van der Waals surface area contributed by atoms with Crippen molar-refractivity contribution in [1.29, 1.82) is 0 Å². The fraction of sp³-hybridized carbons (Fsp3) is 0.364. The number of nitrogens with two attached hydrogens (primary N) is 1. The summed E-state index contributed by atoms with van der Waals surface area (Å²) in [5.41, 5.74) is 5.78. The Bertz CT molecular complexity index is 853. The lowest BCUT2D eigenvalue weighted by Gasteiger charge is -2.46. The maximum atomic E-state index is 14.7. The van der Waals surface area contributed by atoms with Crippen LogP contribution in [0.4, 0.5) is 4.39 Å². The van der Waals surface area contributed by atoms with E-state index in [2.05, 4.69) is 11.6 Å². The van der Waals surface area contributed by atoms with Crippen molar-refractivity contribution in [1.82, 2.24) is 0 Å². The monoisotopic (exact) mass is 416 g/mol. The second-order valence-corrected chi connectivity index (χ2v) is 8.07. The van der Waals surface area contributed by atoms with Crippen LogP contribution < -0.4 is 5.73 Å². The summed E-state index contributed by atoms with van der Waals surface area (Å²) in [5.74, 6) is -0.172. The van der Waals surface area contributed by atoms with Crippen molar-refractivity contribution in [3.8, 4) is 0 Å². The molecule has 2 aliphatic rings. The molecule has 1 aromatic carbocycles. The number of amidine groups is 1. The van der Waals surface area contributed by atoms with Crippen LogP contribution in [0.15, 0.2) is 71.5 Å². The van der Waals surface area contributed by atoms with Crippen molar-refractivity contribution < 1.29 is 18.7 Å². The minimum absolute atomic E-state index is 0.0220. The Balaban J connectivity index is 1.70. The van der Waals surface area contributed by atoms with Crippen LogP contribution in [0.2, 0.25) is 0 Å². The molecule has 0 unspecified atom stereocenters. The molecule has 0 aromatic heterocycles. The minimum Gasteiger partial charge on any atom is -0.459 e. The number of carbonyl (C=O) groups is 1. The summed E-state index contributed by atoms with van der Waals surface area (Å²) < 4.78 is 26.0. The average Bonchev–Trinajstić information content (AvgIpc) is 2.75. The Hall–Kier alpha value is -2.38. The average molecular weight is 417 g/mol. The van der Waals surface area contributed by atoms with Gasteiger partial charge in [0.05, 0.1) is 18.3 Å². The predicted molar refractivity (Wildman–Crippen MR) is 115 cm³/mol. The van der Waals surface area contributed by atoms with E-state index in [1.807, 2.05) is 13.0 Å². The van der Waals surface area contributed by atoms with Gasteiger partial charge in [-0.25, -0.2) is 14.2 Å². The van der Waals surface area contributed by atoms with Crippen molar-refractivity contribution >= 4 is 22.9 Å². The molecule has 2 heterocycles. The molecule has 7 heteroatoms. The van der Waals surface area contributed by atoms with Gasteiger partial charge in [-0.3, -0.25) is 0 Å². The summed E-state index contributed by atoms with van der Waals surface area (Å²) in [7, 11) is 0. The first-order chi connectivity index (χ1) is 14.0. The molecule has 0 aliphatic carbocycles. The maximum Gasteiger partial charge on any atom is 0.338 e. The molecule has 0 spiro atoms. The van der Waals surface area contributed by atoms with Gasteiger partial charge < -0.3 is 15.2 Å². The fourth-order valence-corrected chi connectivity index (χ4v) is 4.53. The molecule has 0 amide bonds. The number of benzene rings is 1. The zero-order valence-corrected chi connectivity index (χ0v) is 17.2. The summed E-state index contributed by atoms with van der Waals surface area (Å²) in [4.78, 5) is 16.7. The largest absolute Gasteiger partial charge is 0.459 e. The molecule has 0 bridgehead atoms. The van der Waals surface area contributed by atoms with Gasteiger partial charge in [-0.15, -0.1) is 0 Å². The molecular weight excluding hydrogens is 391 g/mol. The summed E-state index contributed by atoms with van der Waals surface area (Å²) in [5, 5.41) is 0.402. The highest BCUT2D eigenvalue weighted by Gasteiger charge is 2.49. The molecule has 5 nitrogen and oxygen atoms in total. The lowest BCUT2D eigenvalue weighted by Crippen LogP contribution is -2.54. The molecule has 2 aliphatic heterocycles. The van der Waals surface area contributed by atoms with Crippen LogP contribution in [0, 0.1) is 5.92 Å². The van der Waals surface area contributed by atoms with Gasteiger partial charge in [0.15, 0.2) is 5.17 Å². The summed E-state index contributed by atoms with van der Waals surface area (Å²) in [6.07, 6.45) is 5.01. The van der Waals surface area contributed by atoms with Gasteiger partial charge in [0.2, 0.25) is 0 Å². The summed E-state index contributed by atoms with van der Waals surface area (Å²) >= 11 is 1.44. The first-order valence-corrected chi connectivity index (χ1v) is 10.4. The number of nitrogens with zero attached hydrogens (tertiary/aromatic N) is 1. The van der Waals surface area contributed by atoms with Crippen LogP contribution in [0.5, 0.6) is 0 Å². The zero-order valence-electron chi connectivity index (χ0n) is 16.3. The Morgan fingerprint density at radius 2 is 2.24 bits per heavy atom. The quantitative estimate of drug-likeness (QED) is 0.560. The molecule has 1 fully saturated rings. The van der Waals surface area contributed by atoms with Crippen LogP contribution in [-0.4, -0.2) is 41.7 Å². The van der Waals surface area contributed by atoms with Gasteiger partial charge in [-0.2, -0.15) is 0 Å². The second kappa shape index (κ2) is 9.41. The Morgan fingerprint density at radius 1 is 1.48 bits per heavy atom. The third kappa shape index (κ3) is 4.79. The molecule has 1 aromatic rings. The van der Waals surface area contributed by atoms with Gasteiger partial charge in [0, 0.05) is 17.2 Å². The molecule has 0 saturated carbocycles. The van der Waals surface area contributed by atoms with E-state index in [0.29, 0.717) is 22.9 Å². The molecule has 154 valence electrons. The number of allylic oxidation sites excluding steroid dienone is 3. The van der Waals surface area contributed by atoms with Crippen molar-refractivity contribution in [3.05, 3.63) is 72.1 Å². The number of rotatable bonds is 6. The summed E-state index contributed by atoms with van der Waals surface area (Å²) in [6.45, 7) is 6.05. The van der Waals surface area contributed by atoms with E-state index in [1.54, 1.807) is 36.4 Å². The number of hydrogen-bond donors (Lipinski definition) is 1. The molecular formula is C22H25FN2O3S. The van der Waals surface area contributed by atoms with Crippen LogP contribution in [0.25, 0.3) is 0 Å². The minimum atomic E-state index is -0.933. The van der Waals surface area contributed by atoms with E-state index >= 15 is 0 Å². The van der Waals surface area contributed by atoms with E-state index in [-0.39, 0.29) is 30.8 Å². The van der Waals surface area contributed by atoms with Gasteiger partial charge in [-0.1, -0.05) is 48.7 Å². The smallest absolute Gasteiger partial charge is 0.338 e. The van der Waals surface area contributed by atoms with Crippen LogP contribution in [0.1, 0.15) is 23.7 Å². The lowest BCUT2D eigenvalue weighted by atomic mass is 9.75. The van der Waals surface area contributed by atoms with Crippen molar-refractivity contribution in [2.45, 2.75) is 25.0 Å². The standard InChI is InChI=1S/C22H25FN2O3S/c1-3-4-10-19(23)15(2)22-14-28-18(11-17(22)13-29-21(24)25-22)12-27-20(26)16-8-6-5-7-9-16/h3-10,17-18H,2,11-14H2,1H3,(H2,24,25)/b4-3-,19-10+/t17-,18+,22+/m0/s1. The number of carbonyl (C=O) groups excluding carboxylic acids is 1. The highest BCUT2D eigenvalue weighted by atomic mass is 32.2. The number of fused-ring (bicyclic) bond motifs is 1. The van der Waals surface area contributed by atoms with E-state index in [9.17, 15) is 9.18 Å².